The molecule has 0 bridgehead atoms. The Hall–Kier alpha value is -1.56. The zero-order chi connectivity index (χ0) is 13.7. The van der Waals surface area contributed by atoms with E-state index in [1.807, 2.05) is 26.5 Å². The fourth-order valence-corrected chi connectivity index (χ4v) is 2.33. The third-order valence-corrected chi connectivity index (χ3v) is 3.34. The summed E-state index contributed by atoms with van der Waals surface area (Å²) in [4.78, 5) is 6.48. The zero-order valence-corrected chi connectivity index (χ0v) is 12.0. The van der Waals surface area contributed by atoms with Crippen LogP contribution in [0.5, 0.6) is 0 Å². The largest absolute Gasteiger partial charge is 0.381 e. The minimum Gasteiger partial charge on any atom is -0.381 e. The van der Waals surface area contributed by atoms with Crippen molar-refractivity contribution in [2.45, 2.75) is 13.0 Å². The maximum atomic E-state index is 5.41. The van der Waals surface area contributed by atoms with Gasteiger partial charge >= 0.3 is 0 Å². The number of nitrogens with zero attached hydrogens (tertiary/aromatic N) is 4. The van der Waals surface area contributed by atoms with Crippen LogP contribution >= 0.6 is 0 Å². The topological polar surface area (TPSA) is 54.7 Å². The van der Waals surface area contributed by atoms with E-state index in [0.717, 1.165) is 44.2 Å². The van der Waals surface area contributed by atoms with Crippen LogP contribution in [0.25, 0.3) is 0 Å². The Morgan fingerprint density at radius 3 is 3.11 bits per heavy atom. The van der Waals surface area contributed by atoms with Crippen molar-refractivity contribution in [2.24, 2.45) is 18.0 Å². The van der Waals surface area contributed by atoms with Gasteiger partial charge in [-0.2, -0.15) is 5.10 Å². The Labute approximate surface area is 114 Å². The summed E-state index contributed by atoms with van der Waals surface area (Å²) in [6, 6.07) is 0. The Bertz CT molecular complexity index is 422. The Balaban J connectivity index is 1.81. The summed E-state index contributed by atoms with van der Waals surface area (Å²) < 4.78 is 7.21. The molecule has 0 spiro atoms. The fourth-order valence-electron chi connectivity index (χ4n) is 2.33. The van der Waals surface area contributed by atoms with Gasteiger partial charge in [0.25, 0.3) is 0 Å². The average Bonchev–Trinajstić information content (AvgIpc) is 3.02. The predicted molar refractivity (Wildman–Crippen MR) is 75.0 cm³/mol. The number of hydrogen-bond acceptors (Lipinski definition) is 3. The maximum Gasteiger partial charge on any atom is 0.193 e. The molecule has 1 aromatic heterocycles. The normalized spacial score (nSPS) is 19.7. The van der Waals surface area contributed by atoms with E-state index in [1.165, 1.54) is 0 Å². The number of ether oxygens (including phenoxy) is 1. The summed E-state index contributed by atoms with van der Waals surface area (Å²) in [7, 11) is 5.80. The molecule has 1 atom stereocenters. The molecule has 0 saturated carbocycles. The van der Waals surface area contributed by atoms with Crippen molar-refractivity contribution in [1.29, 1.82) is 0 Å². The molecule has 1 fully saturated rings. The molecule has 1 aromatic rings. The molecular formula is C13H23N5O. The zero-order valence-electron chi connectivity index (χ0n) is 12.0. The van der Waals surface area contributed by atoms with Crippen molar-refractivity contribution < 1.29 is 4.74 Å². The van der Waals surface area contributed by atoms with Gasteiger partial charge in [0.1, 0.15) is 0 Å². The number of nitrogens with one attached hydrogen (secondary N) is 1. The highest BCUT2D eigenvalue weighted by molar-refractivity contribution is 5.79. The highest BCUT2D eigenvalue weighted by atomic mass is 16.5. The van der Waals surface area contributed by atoms with E-state index >= 15 is 0 Å². The Morgan fingerprint density at radius 1 is 1.68 bits per heavy atom. The van der Waals surface area contributed by atoms with Gasteiger partial charge in [0, 0.05) is 58.5 Å². The van der Waals surface area contributed by atoms with Crippen LogP contribution in [-0.2, 0) is 18.3 Å². The van der Waals surface area contributed by atoms with Crippen molar-refractivity contribution in [2.75, 3.05) is 33.9 Å². The number of aromatic nitrogens is 2. The summed E-state index contributed by atoms with van der Waals surface area (Å²) in [6.07, 6.45) is 5.01. The summed E-state index contributed by atoms with van der Waals surface area (Å²) in [5.74, 6) is 1.53. The van der Waals surface area contributed by atoms with E-state index in [4.69, 9.17) is 4.74 Å². The van der Waals surface area contributed by atoms with Gasteiger partial charge in [-0.15, -0.1) is 0 Å². The molecule has 1 N–H and O–H groups in total. The quantitative estimate of drug-likeness (QED) is 0.635. The third kappa shape index (κ3) is 3.96. The molecule has 2 rings (SSSR count). The highest BCUT2D eigenvalue weighted by Crippen LogP contribution is 2.13. The van der Waals surface area contributed by atoms with Crippen molar-refractivity contribution in [3.05, 3.63) is 18.0 Å². The lowest BCUT2D eigenvalue weighted by atomic mass is 10.1. The van der Waals surface area contributed by atoms with Gasteiger partial charge in [-0.25, -0.2) is 0 Å². The summed E-state index contributed by atoms with van der Waals surface area (Å²) in [5.41, 5.74) is 1.15. The standard InChI is InChI=1S/C13H23N5O/c1-14-13(15-6-12-7-16-18(3)9-12)17(2)8-11-4-5-19-10-11/h7,9,11H,4-6,8,10H2,1-3H3,(H,14,15). The molecule has 6 heteroatoms. The van der Waals surface area contributed by atoms with Crippen molar-refractivity contribution in [3.8, 4) is 0 Å². The SMILES string of the molecule is CN=C(NCc1cnn(C)c1)N(C)CC1CCOC1. The number of aryl methyl sites for hydroxylation is 1. The molecule has 0 aliphatic carbocycles. The van der Waals surface area contributed by atoms with Gasteiger partial charge in [0.2, 0.25) is 0 Å². The molecule has 19 heavy (non-hydrogen) atoms. The van der Waals surface area contributed by atoms with Gasteiger partial charge in [-0.05, 0) is 6.42 Å². The van der Waals surface area contributed by atoms with E-state index in [-0.39, 0.29) is 0 Å². The van der Waals surface area contributed by atoms with E-state index in [0.29, 0.717) is 5.92 Å². The molecule has 1 aliphatic rings. The van der Waals surface area contributed by atoms with Crippen LogP contribution in [0.3, 0.4) is 0 Å². The number of guanidine groups is 1. The number of rotatable bonds is 4. The highest BCUT2D eigenvalue weighted by Gasteiger charge is 2.18. The van der Waals surface area contributed by atoms with Gasteiger partial charge in [-0.3, -0.25) is 9.67 Å². The first-order valence-corrected chi connectivity index (χ1v) is 6.66. The molecule has 0 aromatic carbocycles. The summed E-state index contributed by atoms with van der Waals surface area (Å²) in [6.45, 7) is 3.48. The summed E-state index contributed by atoms with van der Waals surface area (Å²) in [5, 5.41) is 7.51. The van der Waals surface area contributed by atoms with Gasteiger partial charge in [0.05, 0.1) is 12.8 Å². The van der Waals surface area contributed by atoms with Crippen LogP contribution in [0.1, 0.15) is 12.0 Å². The maximum absolute atomic E-state index is 5.41. The van der Waals surface area contributed by atoms with Gasteiger partial charge in [-0.1, -0.05) is 0 Å². The van der Waals surface area contributed by atoms with Crippen LogP contribution in [0.15, 0.2) is 17.4 Å². The first kappa shape index (κ1) is 13.9. The average molecular weight is 265 g/mol. The molecule has 106 valence electrons. The van der Waals surface area contributed by atoms with E-state index in [9.17, 15) is 0 Å². The number of aliphatic imine (C=N–C) groups is 1. The van der Waals surface area contributed by atoms with Crippen molar-refractivity contribution >= 4 is 5.96 Å². The minimum atomic E-state index is 0.613. The van der Waals surface area contributed by atoms with E-state index in [2.05, 4.69) is 27.4 Å². The molecule has 0 radical (unpaired) electrons. The van der Waals surface area contributed by atoms with Crippen molar-refractivity contribution in [3.63, 3.8) is 0 Å². The molecule has 0 amide bonds. The monoisotopic (exact) mass is 265 g/mol. The second kappa shape index (κ2) is 6.56. The molecular weight excluding hydrogens is 242 g/mol. The third-order valence-electron chi connectivity index (χ3n) is 3.34. The second-order valence-corrected chi connectivity index (χ2v) is 5.03. The second-order valence-electron chi connectivity index (χ2n) is 5.03. The predicted octanol–water partition coefficient (Wildman–Crippen LogP) is 0.464. The smallest absolute Gasteiger partial charge is 0.193 e. The molecule has 6 nitrogen and oxygen atoms in total. The van der Waals surface area contributed by atoms with Crippen LogP contribution < -0.4 is 5.32 Å². The fraction of sp³-hybridized carbons (Fsp3) is 0.692. The molecule has 1 unspecified atom stereocenters. The van der Waals surface area contributed by atoms with Crippen LogP contribution in [0, 0.1) is 5.92 Å². The Morgan fingerprint density at radius 2 is 2.53 bits per heavy atom. The lowest BCUT2D eigenvalue weighted by Crippen LogP contribution is -2.41. The van der Waals surface area contributed by atoms with Crippen LogP contribution in [0.2, 0.25) is 0 Å². The van der Waals surface area contributed by atoms with E-state index < -0.39 is 0 Å². The molecule has 1 aliphatic heterocycles. The Kier molecular flexibility index (Phi) is 4.79. The lowest BCUT2D eigenvalue weighted by Gasteiger charge is -2.24. The molecule has 1 saturated heterocycles. The molecule has 2 heterocycles. The van der Waals surface area contributed by atoms with Crippen molar-refractivity contribution in [1.82, 2.24) is 20.0 Å². The first-order valence-electron chi connectivity index (χ1n) is 6.66. The van der Waals surface area contributed by atoms with E-state index in [1.54, 1.807) is 4.68 Å². The van der Waals surface area contributed by atoms with Gasteiger partial charge in [0.15, 0.2) is 5.96 Å². The minimum absolute atomic E-state index is 0.613. The number of hydrogen-bond donors (Lipinski definition) is 1. The lowest BCUT2D eigenvalue weighted by molar-refractivity contribution is 0.181. The van der Waals surface area contributed by atoms with Gasteiger partial charge < -0.3 is 15.0 Å². The first-order chi connectivity index (χ1) is 9.19. The van der Waals surface area contributed by atoms with Crippen LogP contribution in [-0.4, -0.2) is 54.5 Å². The van der Waals surface area contributed by atoms with Crippen LogP contribution in [0.4, 0.5) is 0 Å². The summed E-state index contributed by atoms with van der Waals surface area (Å²) >= 11 is 0.